The van der Waals surface area contributed by atoms with E-state index in [1.807, 2.05) is 25.9 Å². The fourth-order valence-corrected chi connectivity index (χ4v) is 1.63. The monoisotopic (exact) mass is 274 g/mol. The predicted octanol–water partition coefficient (Wildman–Crippen LogP) is 2.37. The molecule has 2 nitrogen and oxygen atoms in total. The van der Waals surface area contributed by atoms with Crippen molar-refractivity contribution in [1.82, 2.24) is 4.90 Å². The molecule has 0 amide bonds. The molecule has 0 aliphatic carbocycles. The van der Waals surface area contributed by atoms with Crippen molar-refractivity contribution in [2.75, 3.05) is 14.1 Å². The average Bonchev–Trinajstić information content (AvgIpc) is 2.10. The Bertz CT molecular complexity index is 350. The van der Waals surface area contributed by atoms with E-state index in [0.29, 0.717) is 12.0 Å². The molecule has 1 atom stereocenters. The van der Waals surface area contributed by atoms with Gasteiger partial charge in [0.25, 0.3) is 0 Å². The molecule has 15 heavy (non-hydrogen) atoms. The Morgan fingerprint density at radius 3 is 2.60 bits per heavy atom. The maximum Gasteiger partial charge on any atom is 0.126 e. The summed E-state index contributed by atoms with van der Waals surface area (Å²) in [5.74, 6) is -0.211. The number of hydrogen-bond donors (Lipinski definition) is 1. The number of nitrogens with zero attached hydrogens (tertiary/aromatic N) is 1. The molecule has 0 heterocycles. The van der Waals surface area contributed by atoms with Crippen LogP contribution in [0.1, 0.15) is 12.5 Å². The molecule has 84 valence electrons. The molecule has 1 rings (SSSR count). The summed E-state index contributed by atoms with van der Waals surface area (Å²) >= 11 is 3.32. The molecule has 4 heteroatoms. The molecule has 0 saturated heterocycles. The van der Waals surface area contributed by atoms with E-state index in [-0.39, 0.29) is 5.82 Å². The molecule has 1 unspecified atom stereocenters. The van der Waals surface area contributed by atoms with Crippen LogP contribution in [0.25, 0.3) is 0 Å². The van der Waals surface area contributed by atoms with E-state index in [9.17, 15) is 4.39 Å². The van der Waals surface area contributed by atoms with Crippen LogP contribution in [-0.4, -0.2) is 24.7 Å². The first-order chi connectivity index (χ1) is 6.83. The summed E-state index contributed by atoms with van der Waals surface area (Å²) < 4.78 is 14.3. The topological polar surface area (TPSA) is 29.3 Å². The Morgan fingerprint density at radius 2 is 2.07 bits per heavy atom. The number of rotatable bonds is 3. The highest BCUT2D eigenvalue weighted by molar-refractivity contribution is 9.10. The van der Waals surface area contributed by atoms with Crippen molar-refractivity contribution in [1.29, 1.82) is 0 Å². The molecule has 1 aromatic rings. The van der Waals surface area contributed by atoms with Gasteiger partial charge in [-0.1, -0.05) is 15.9 Å². The van der Waals surface area contributed by atoms with E-state index in [2.05, 4.69) is 15.9 Å². The predicted molar refractivity (Wildman–Crippen MR) is 64.1 cm³/mol. The van der Waals surface area contributed by atoms with E-state index in [1.165, 1.54) is 6.07 Å². The Morgan fingerprint density at radius 1 is 1.47 bits per heavy atom. The molecule has 0 saturated carbocycles. The van der Waals surface area contributed by atoms with E-state index >= 15 is 0 Å². The van der Waals surface area contributed by atoms with Gasteiger partial charge in [0.1, 0.15) is 5.82 Å². The zero-order valence-electron chi connectivity index (χ0n) is 9.22. The molecule has 0 aromatic heterocycles. The fourth-order valence-electron chi connectivity index (χ4n) is 1.22. The van der Waals surface area contributed by atoms with Crippen LogP contribution in [0.5, 0.6) is 0 Å². The molecule has 2 N–H and O–H groups in total. The SMILES string of the molecule is CN(C)C(C)(N)Cc1cc(Br)ccc1F. The Labute approximate surface area is 98.4 Å². The standard InChI is InChI=1S/C11H16BrFN2/c1-11(14,15(2)3)7-8-6-9(12)4-5-10(8)13/h4-6H,7,14H2,1-3H3. The van der Waals surface area contributed by atoms with Gasteiger partial charge in [-0.15, -0.1) is 0 Å². The first kappa shape index (κ1) is 12.6. The molecule has 0 spiro atoms. The van der Waals surface area contributed by atoms with Gasteiger partial charge in [0.2, 0.25) is 0 Å². The van der Waals surface area contributed by atoms with Crippen molar-refractivity contribution in [3.63, 3.8) is 0 Å². The van der Waals surface area contributed by atoms with Crippen molar-refractivity contribution in [3.05, 3.63) is 34.1 Å². The first-order valence-corrected chi connectivity index (χ1v) is 5.52. The summed E-state index contributed by atoms with van der Waals surface area (Å²) in [6.07, 6.45) is 0.477. The Balaban J connectivity index is 2.94. The molecule has 0 aliphatic heterocycles. The van der Waals surface area contributed by atoms with Gasteiger partial charge in [-0.05, 0) is 44.8 Å². The maximum absolute atomic E-state index is 13.5. The fraction of sp³-hybridized carbons (Fsp3) is 0.455. The zero-order valence-corrected chi connectivity index (χ0v) is 10.8. The highest BCUT2D eigenvalue weighted by atomic mass is 79.9. The Hall–Kier alpha value is -0.450. The molecular formula is C11H16BrFN2. The highest BCUT2D eigenvalue weighted by Gasteiger charge is 2.23. The molecule has 0 fully saturated rings. The average molecular weight is 275 g/mol. The minimum atomic E-state index is -0.540. The molecule has 0 bridgehead atoms. The molecule has 0 radical (unpaired) electrons. The molecular weight excluding hydrogens is 259 g/mol. The van der Waals surface area contributed by atoms with Crippen molar-refractivity contribution >= 4 is 15.9 Å². The minimum Gasteiger partial charge on any atom is -0.313 e. The van der Waals surface area contributed by atoms with Gasteiger partial charge in [-0.3, -0.25) is 4.90 Å². The zero-order chi connectivity index (χ0) is 11.6. The van der Waals surface area contributed by atoms with Crippen LogP contribution in [0.15, 0.2) is 22.7 Å². The lowest BCUT2D eigenvalue weighted by atomic mass is 10.0. The summed E-state index contributed by atoms with van der Waals surface area (Å²) in [6, 6.07) is 4.90. The Kier molecular flexibility index (Phi) is 3.87. The number of benzene rings is 1. The summed E-state index contributed by atoms with van der Waals surface area (Å²) in [4.78, 5) is 1.88. The van der Waals surface area contributed by atoms with Crippen LogP contribution in [0.3, 0.4) is 0 Å². The quantitative estimate of drug-likeness (QED) is 0.858. The highest BCUT2D eigenvalue weighted by Crippen LogP contribution is 2.20. The van der Waals surface area contributed by atoms with Gasteiger partial charge in [-0.25, -0.2) is 4.39 Å². The van der Waals surface area contributed by atoms with Gasteiger partial charge in [0, 0.05) is 10.9 Å². The van der Waals surface area contributed by atoms with E-state index < -0.39 is 5.66 Å². The van der Waals surface area contributed by atoms with Crippen LogP contribution in [0.2, 0.25) is 0 Å². The van der Waals surface area contributed by atoms with Gasteiger partial charge < -0.3 is 5.73 Å². The number of halogens is 2. The van der Waals surface area contributed by atoms with Gasteiger partial charge in [0.05, 0.1) is 5.66 Å². The lowest BCUT2D eigenvalue weighted by molar-refractivity contribution is 0.179. The second-order valence-corrected chi connectivity index (χ2v) is 5.08. The van der Waals surface area contributed by atoms with Crippen LogP contribution in [0, 0.1) is 5.82 Å². The smallest absolute Gasteiger partial charge is 0.126 e. The van der Waals surface area contributed by atoms with Gasteiger partial charge >= 0.3 is 0 Å². The summed E-state index contributed by atoms with van der Waals surface area (Å²) in [7, 11) is 3.77. The van der Waals surface area contributed by atoms with Crippen LogP contribution in [0.4, 0.5) is 4.39 Å². The molecule has 0 aliphatic rings. The lowest BCUT2D eigenvalue weighted by Gasteiger charge is -2.32. The third-order valence-corrected chi connectivity index (χ3v) is 3.07. The van der Waals surface area contributed by atoms with E-state index in [0.717, 1.165) is 4.47 Å². The summed E-state index contributed by atoms with van der Waals surface area (Å²) in [5.41, 5.74) is 6.14. The van der Waals surface area contributed by atoms with Gasteiger partial charge in [-0.2, -0.15) is 0 Å². The second-order valence-electron chi connectivity index (χ2n) is 4.16. The largest absolute Gasteiger partial charge is 0.313 e. The van der Waals surface area contributed by atoms with Crippen LogP contribution >= 0.6 is 15.9 Å². The van der Waals surface area contributed by atoms with Gasteiger partial charge in [0.15, 0.2) is 0 Å². The summed E-state index contributed by atoms with van der Waals surface area (Å²) in [5, 5.41) is 0. The maximum atomic E-state index is 13.5. The van der Waals surface area contributed by atoms with Crippen molar-refractivity contribution in [2.24, 2.45) is 5.73 Å². The van der Waals surface area contributed by atoms with E-state index in [4.69, 9.17) is 5.73 Å². The van der Waals surface area contributed by atoms with Crippen molar-refractivity contribution in [2.45, 2.75) is 19.0 Å². The van der Waals surface area contributed by atoms with Crippen molar-refractivity contribution < 1.29 is 4.39 Å². The van der Waals surface area contributed by atoms with E-state index in [1.54, 1.807) is 12.1 Å². The van der Waals surface area contributed by atoms with Crippen LogP contribution < -0.4 is 5.73 Å². The summed E-state index contributed by atoms with van der Waals surface area (Å²) in [6.45, 7) is 1.88. The number of hydrogen-bond acceptors (Lipinski definition) is 2. The number of nitrogens with two attached hydrogens (primary N) is 1. The lowest BCUT2D eigenvalue weighted by Crippen LogP contribution is -2.51. The third kappa shape index (κ3) is 3.26. The van der Waals surface area contributed by atoms with Crippen LogP contribution in [-0.2, 0) is 6.42 Å². The second kappa shape index (κ2) is 4.60. The first-order valence-electron chi connectivity index (χ1n) is 4.73. The third-order valence-electron chi connectivity index (χ3n) is 2.58. The molecule has 1 aromatic carbocycles. The normalized spacial score (nSPS) is 15.4. The minimum absolute atomic E-state index is 0.211. The number of likely N-dealkylation sites (N-methyl/N-ethyl adjacent to an activating group) is 1. The van der Waals surface area contributed by atoms with Crippen molar-refractivity contribution in [3.8, 4) is 0 Å².